The molecule has 0 saturated carbocycles. The number of aryl methyl sites for hydroxylation is 1. The molecule has 0 spiro atoms. The van der Waals surface area contributed by atoms with Crippen LogP contribution in [0.2, 0.25) is 0 Å². The second-order valence-corrected chi connectivity index (χ2v) is 6.08. The predicted octanol–water partition coefficient (Wildman–Crippen LogP) is 0.502. The van der Waals surface area contributed by atoms with Gasteiger partial charge in [-0.2, -0.15) is 0 Å². The quantitative estimate of drug-likeness (QED) is 0.815. The van der Waals surface area contributed by atoms with Gasteiger partial charge < -0.3 is 14.5 Å². The molecule has 0 N–H and O–H groups in total. The molecule has 6 nitrogen and oxygen atoms in total. The number of amides is 2. The average Bonchev–Trinajstić information content (AvgIpc) is 2.57. The summed E-state index contributed by atoms with van der Waals surface area (Å²) in [5.41, 5.74) is 2.07. The number of benzene rings is 1. The van der Waals surface area contributed by atoms with Gasteiger partial charge in [-0.25, -0.2) is 0 Å². The number of nitrogens with zero attached hydrogens (tertiary/aromatic N) is 3. The molecule has 0 atom stereocenters. The maximum atomic E-state index is 12.4. The molecule has 1 aromatic rings. The van der Waals surface area contributed by atoms with Crippen molar-refractivity contribution in [2.45, 2.75) is 6.92 Å². The first-order valence-corrected chi connectivity index (χ1v) is 8.08. The zero-order valence-corrected chi connectivity index (χ0v) is 13.5. The molecule has 1 aromatic carbocycles. The van der Waals surface area contributed by atoms with Crippen LogP contribution in [0, 0.1) is 6.92 Å². The minimum absolute atomic E-state index is 0.0181. The third-order valence-corrected chi connectivity index (χ3v) is 4.38. The molecule has 2 fully saturated rings. The van der Waals surface area contributed by atoms with Gasteiger partial charge in [0.1, 0.15) is 6.54 Å². The number of anilines is 1. The van der Waals surface area contributed by atoms with E-state index in [1.54, 1.807) is 9.80 Å². The van der Waals surface area contributed by atoms with E-state index in [1.165, 1.54) is 5.56 Å². The Morgan fingerprint density at radius 3 is 2.43 bits per heavy atom. The lowest BCUT2D eigenvalue weighted by Crippen LogP contribution is -2.55. The van der Waals surface area contributed by atoms with E-state index in [0.29, 0.717) is 32.8 Å². The summed E-state index contributed by atoms with van der Waals surface area (Å²) in [6.45, 7) is 6.61. The molecule has 2 aliphatic rings. The number of morpholine rings is 1. The molecule has 6 heteroatoms. The highest BCUT2D eigenvalue weighted by Gasteiger charge is 2.28. The third kappa shape index (κ3) is 3.89. The van der Waals surface area contributed by atoms with Crippen molar-refractivity contribution in [3.8, 4) is 0 Å². The van der Waals surface area contributed by atoms with Crippen molar-refractivity contribution < 1.29 is 14.3 Å². The lowest BCUT2D eigenvalue weighted by Gasteiger charge is -2.36. The van der Waals surface area contributed by atoms with Crippen LogP contribution >= 0.6 is 0 Å². The van der Waals surface area contributed by atoms with E-state index in [9.17, 15) is 9.59 Å². The summed E-state index contributed by atoms with van der Waals surface area (Å²) in [6.07, 6.45) is 0. The van der Waals surface area contributed by atoms with Crippen molar-refractivity contribution in [2.24, 2.45) is 0 Å². The normalized spacial score (nSPS) is 20.0. The van der Waals surface area contributed by atoms with Gasteiger partial charge in [0.05, 0.1) is 19.8 Å². The van der Waals surface area contributed by atoms with E-state index in [0.717, 1.165) is 18.8 Å². The van der Waals surface area contributed by atoms with Gasteiger partial charge in [0.15, 0.2) is 0 Å². The molecule has 23 heavy (non-hydrogen) atoms. The Hall–Kier alpha value is -1.92. The van der Waals surface area contributed by atoms with Crippen molar-refractivity contribution >= 4 is 17.5 Å². The number of carbonyl (C=O) groups excluding carboxylic acids is 2. The minimum Gasteiger partial charge on any atom is -0.379 e. The summed E-state index contributed by atoms with van der Waals surface area (Å²) < 4.78 is 5.29. The lowest BCUT2D eigenvalue weighted by atomic mass is 10.2. The van der Waals surface area contributed by atoms with Crippen LogP contribution in [0.5, 0.6) is 0 Å². The molecular formula is C17H23N3O3. The van der Waals surface area contributed by atoms with Crippen LogP contribution in [-0.2, 0) is 14.3 Å². The summed E-state index contributed by atoms with van der Waals surface area (Å²) >= 11 is 0. The summed E-state index contributed by atoms with van der Waals surface area (Å²) in [5, 5.41) is 0. The van der Waals surface area contributed by atoms with Crippen LogP contribution < -0.4 is 4.90 Å². The molecule has 124 valence electrons. The number of rotatable bonds is 3. The number of hydrogen-bond donors (Lipinski definition) is 0. The van der Waals surface area contributed by atoms with Crippen molar-refractivity contribution in [3.63, 3.8) is 0 Å². The first-order chi connectivity index (χ1) is 11.1. The van der Waals surface area contributed by atoms with Crippen molar-refractivity contribution in [2.75, 3.05) is 57.4 Å². The summed E-state index contributed by atoms with van der Waals surface area (Å²) in [5.74, 6) is 0.0132. The fourth-order valence-electron chi connectivity index (χ4n) is 2.93. The molecule has 0 aromatic heterocycles. The van der Waals surface area contributed by atoms with E-state index >= 15 is 0 Å². The van der Waals surface area contributed by atoms with E-state index in [2.05, 4.69) is 4.90 Å². The highest BCUT2D eigenvalue weighted by molar-refractivity contribution is 5.98. The first-order valence-electron chi connectivity index (χ1n) is 8.08. The molecule has 0 unspecified atom stereocenters. The third-order valence-electron chi connectivity index (χ3n) is 4.38. The van der Waals surface area contributed by atoms with Gasteiger partial charge >= 0.3 is 0 Å². The van der Waals surface area contributed by atoms with Crippen LogP contribution in [0.25, 0.3) is 0 Å². The minimum atomic E-state index is -0.0181. The first kappa shape index (κ1) is 16.0. The molecule has 0 bridgehead atoms. The predicted molar refractivity (Wildman–Crippen MR) is 87.4 cm³/mol. The number of hydrogen-bond acceptors (Lipinski definition) is 4. The van der Waals surface area contributed by atoms with E-state index in [-0.39, 0.29) is 18.4 Å². The van der Waals surface area contributed by atoms with Crippen LogP contribution in [-0.4, -0.2) is 74.1 Å². The second kappa shape index (κ2) is 7.10. The number of piperazine rings is 1. The van der Waals surface area contributed by atoms with E-state index in [4.69, 9.17) is 4.74 Å². The van der Waals surface area contributed by atoms with Crippen molar-refractivity contribution in [1.82, 2.24) is 9.80 Å². The molecular weight excluding hydrogens is 294 g/mol. The highest BCUT2D eigenvalue weighted by Crippen LogP contribution is 2.18. The van der Waals surface area contributed by atoms with Crippen LogP contribution in [0.4, 0.5) is 5.69 Å². The molecule has 2 heterocycles. The van der Waals surface area contributed by atoms with Gasteiger partial charge in [0, 0.05) is 31.9 Å². The number of ether oxygens (including phenoxy) is 1. The Bertz CT molecular complexity index is 567. The fourth-order valence-corrected chi connectivity index (χ4v) is 2.93. The summed E-state index contributed by atoms with van der Waals surface area (Å²) in [6, 6.07) is 7.91. The van der Waals surface area contributed by atoms with Gasteiger partial charge in [-0.3, -0.25) is 14.5 Å². The van der Waals surface area contributed by atoms with Gasteiger partial charge in [0.2, 0.25) is 11.8 Å². The second-order valence-electron chi connectivity index (χ2n) is 6.08. The van der Waals surface area contributed by atoms with Gasteiger partial charge in [-0.05, 0) is 19.1 Å². The standard InChI is InChI=1S/C17H23N3O3/c1-14-2-4-15(5-3-14)20-7-6-19(13-17(20)22)16(21)12-18-8-10-23-11-9-18/h2-5H,6-13H2,1H3. The Morgan fingerprint density at radius 2 is 1.78 bits per heavy atom. The topological polar surface area (TPSA) is 53.1 Å². The SMILES string of the molecule is Cc1ccc(N2CCN(C(=O)CN3CCOCC3)CC2=O)cc1. The molecule has 2 saturated heterocycles. The fraction of sp³-hybridized carbons (Fsp3) is 0.529. The maximum Gasteiger partial charge on any atom is 0.246 e. The Labute approximate surface area is 136 Å². The Kier molecular flexibility index (Phi) is 4.93. The van der Waals surface area contributed by atoms with Crippen LogP contribution in [0.3, 0.4) is 0 Å². The highest BCUT2D eigenvalue weighted by atomic mass is 16.5. The monoisotopic (exact) mass is 317 g/mol. The molecule has 0 aliphatic carbocycles. The lowest BCUT2D eigenvalue weighted by molar-refractivity contribution is -0.138. The van der Waals surface area contributed by atoms with Crippen LogP contribution in [0.15, 0.2) is 24.3 Å². The largest absolute Gasteiger partial charge is 0.379 e. The van der Waals surface area contributed by atoms with Crippen molar-refractivity contribution in [3.05, 3.63) is 29.8 Å². The zero-order valence-electron chi connectivity index (χ0n) is 13.5. The molecule has 2 amide bonds. The average molecular weight is 317 g/mol. The Balaban J connectivity index is 1.56. The molecule has 3 rings (SSSR count). The maximum absolute atomic E-state index is 12.4. The molecule has 0 radical (unpaired) electrons. The zero-order chi connectivity index (χ0) is 16.2. The van der Waals surface area contributed by atoms with Crippen LogP contribution in [0.1, 0.15) is 5.56 Å². The van der Waals surface area contributed by atoms with Crippen molar-refractivity contribution in [1.29, 1.82) is 0 Å². The molecule has 2 aliphatic heterocycles. The number of carbonyl (C=O) groups is 2. The van der Waals surface area contributed by atoms with E-state index in [1.807, 2.05) is 31.2 Å². The van der Waals surface area contributed by atoms with Gasteiger partial charge in [-0.15, -0.1) is 0 Å². The van der Waals surface area contributed by atoms with Gasteiger partial charge in [0.25, 0.3) is 0 Å². The van der Waals surface area contributed by atoms with E-state index < -0.39 is 0 Å². The smallest absolute Gasteiger partial charge is 0.246 e. The summed E-state index contributed by atoms with van der Waals surface area (Å²) in [7, 11) is 0. The van der Waals surface area contributed by atoms with Gasteiger partial charge in [-0.1, -0.05) is 17.7 Å². The summed E-state index contributed by atoms with van der Waals surface area (Å²) in [4.78, 5) is 30.3. The Morgan fingerprint density at radius 1 is 1.09 bits per heavy atom.